The van der Waals surface area contributed by atoms with Crippen LogP contribution in [-0.4, -0.2) is 32.3 Å². The van der Waals surface area contributed by atoms with Gasteiger partial charge in [0.05, 0.1) is 22.7 Å². The summed E-state index contributed by atoms with van der Waals surface area (Å²) in [6.07, 6.45) is -2.96. The van der Waals surface area contributed by atoms with Crippen molar-refractivity contribution in [2.45, 2.75) is 11.3 Å². The van der Waals surface area contributed by atoms with Gasteiger partial charge in [0.1, 0.15) is 6.33 Å². The van der Waals surface area contributed by atoms with E-state index in [2.05, 4.69) is 20.8 Å². The molecule has 0 radical (unpaired) electrons. The molecular formula is C19H16F3N5O2S. The molecule has 1 heterocycles. The Kier molecular flexibility index (Phi) is 6.40. The van der Waals surface area contributed by atoms with E-state index in [0.29, 0.717) is 16.5 Å². The molecule has 2 amide bonds. The number of alkyl halides is 3. The quantitative estimate of drug-likeness (QED) is 0.575. The zero-order chi connectivity index (χ0) is 21.7. The Balaban J connectivity index is 1.65. The van der Waals surface area contributed by atoms with Gasteiger partial charge in [0.15, 0.2) is 5.16 Å². The number of hydrogen-bond donors (Lipinski definition) is 2. The summed E-state index contributed by atoms with van der Waals surface area (Å²) in [5, 5.41) is 13.5. The largest absolute Gasteiger partial charge is 0.416 e. The molecule has 0 aliphatic rings. The van der Waals surface area contributed by atoms with Crippen molar-refractivity contribution < 1.29 is 22.8 Å². The molecule has 0 aliphatic heterocycles. The van der Waals surface area contributed by atoms with Gasteiger partial charge in [0.25, 0.3) is 5.91 Å². The number of carbonyl (C=O) groups is 2. The highest BCUT2D eigenvalue weighted by Gasteiger charge is 2.30. The van der Waals surface area contributed by atoms with Gasteiger partial charge in [-0.15, -0.1) is 10.2 Å². The molecule has 2 N–H and O–H groups in total. The van der Waals surface area contributed by atoms with E-state index in [1.54, 1.807) is 35.9 Å². The predicted octanol–water partition coefficient (Wildman–Crippen LogP) is 3.82. The molecule has 0 saturated heterocycles. The fourth-order valence-corrected chi connectivity index (χ4v) is 3.11. The van der Waals surface area contributed by atoms with Crippen LogP contribution in [0.25, 0.3) is 0 Å². The van der Waals surface area contributed by atoms with Crippen LogP contribution in [0.15, 0.2) is 60.0 Å². The second kappa shape index (κ2) is 8.99. The highest BCUT2D eigenvalue weighted by Crippen LogP contribution is 2.29. The number of para-hydroxylation sites is 2. The van der Waals surface area contributed by atoms with Gasteiger partial charge in [-0.2, -0.15) is 13.2 Å². The minimum Gasteiger partial charge on any atom is -0.324 e. The lowest BCUT2D eigenvalue weighted by atomic mass is 10.1. The second-order valence-electron chi connectivity index (χ2n) is 6.14. The summed E-state index contributed by atoms with van der Waals surface area (Å²) in [5.41, 5.74) is -0.102. The van der Waals surface area contributed by atoms with Crippen LogP contribution in [0.2, 0.25) is 0 Å². The summed E-state index contributed by atoms with van der Waals surface area (Å²) < 4.78 is 39.7. The van der Waals surface area contributed by atoms with Crippen LogP contribution < -0.4 is 10.6 Å². The maximum absolute atomic E-state index is 12.7. The normalized spacial score (nSPS) is 11.2. The van der Waals surface area contributed by atoms with E-state index in [0.717, 1.165) is 24.3 Å². The summed E-state index contributed by atoms with van der Waals surface area (Å²) in [6.45, 7) is 0. The summed E-state index contributed by atoms with van der Waals surface area (Å²) in [6, 6.07) is 10.4. The van der Waals surface area contributed by atoms with E-state index >= 15 is 0 Å². The first kappa shape index (κ1) is 21.4. The SMILES string of the molecule is Cn1cnnc1SCC(=O)Nc1ccccc1NC(=O)c1ccc(C(F)(F)F)cc1. The molecule has 1 aromatic heterocycles. The molecule has 11 heteroatoms. The summed E-state index contributed by atoms with van der Waals surface area (Å²) in [5.74, 6) is -0.841. The first-order valence-electron chi connectivity index (χ1n) is 8.58. The van der Waals surface area contributed by atoms with Gasteiger partial charge in [-0.25, -0.2) is 0 Å². The van der Waals surface area contributed by atoms with Crippen LogP contribution in [0, 0.1) is 0 Å². The van der Waals surface area contributed by atoms with Crippen LogP contribution >= 0.6 is 11.8 Å². The Hall–Kier alpha value is -3.34. The molecule has 156 valence electrons. The summed E-state index contributed by atoms with van der Waals surface area (Å²) in [7, 11) is 1.76. The molecule has 0 spiro atoms. The Morgan fingerprint density at radius 2 is 1.67 bits per heavy atom. The molecule has 7 nitrogen and oxygen atoms in total. The predicted molar refractivity (Wildman–Crippen MR) is 106 cm³/mol. The molecule has 3 aromatic rings. The van der Waals surface area contributed by atoms with Crippen LogP contribution in [0.3, 0.4) is 0 Å². The molecule has 2 aromatic carbocycles. The van der Waals surface area contributed by atoms with Crippen molar-refractivity contribution in [3.8, 4) is 0 Å². The molecule has 0 bridgehead atoms. The zero-order valence-corrected chi connectivity index (χ0v) is 16.4. The van der Waals surface area contributed by atoms with E-state index in [1.165, 1.54) is 18.1 Å². The lowest BCUT2D eigenvalue weighted by Crippen LogP contribution is -2.18. The topological polar surface area (TPSA) is 88.9 Å². The van der Waals surface area contributed by atoms with E-state index in [-0.39, 0.29) is 17.2 Å². The van der Waals surface area contributed by atoms with Crippen molar-refractivity contribution >= 4 is 35.0 Å². The van der Waals surface area contributed by atoms with E-state index in [9.17, 15) is 22.8 Å². The van der Waals surface area contributed by atoms with Crippen molar-refractivity contribution in [2.24, 2.45) is 7.05 Å². The third kappa shape index (κ3) is 5.38. The Labute approximate surface area is 173 Å². The number of thioether (sulfide) groups is 1. The average molecular weight is 435 g/mol. The number of benzene rings is 2. The van der Waals surface area contributed by atoms with E-state index in [4.69, 9.17) is 0 Å². The fraction of sp³-hybridized carbons (Fsp3) is 0.158. The highest BCUT2D eigenvalue weighted by atomic mass is 32.2. The first-order valence-corrected chi connectivity index (χ1v) is 9.57. The lowest BCUT2D eigenvalue weighted by Gasteiger charge is -2.13. The summed E-state index contributed by atoms with van der Waals surface area (Å²) in [4.78, 5) is 24.7. The van der Waals surface area contributed by atoms with Gasteiger partial charge in [0.2, 0.25) is 5.91 Å². The first-order chi connectivity index (χ1) is 14.2. The van der Waals surface area contributed by atoms with Crippen LogP contribution in [-0.2, 0) is 18.0 Å². The molecule has 0 atom stereocenters. The Morgan fingerprint density at radius 3 is 2.23 bits per heavy atom. The minimum absolute atomic E-state index is 0.0574. The monoisotopic (exact) mass is 435 g/mol. The lowest BCUT2D eigenvalue weighted by molar-refractivity contribution is -0.137. The number of halogens is 3. The minimum atomic E-state index is -4.48. The van der Waals surface area contributed by atoms with Crippen molar-refractivity contribution in [3.05, 3.63) is 66.0 Å². The maximum Gasteiger partial charge on any atom is 0.416 e. The van der Waals surface area contributed by atoms with Crippen molar-refractivity contribution in [2.75, 3.05) is 16.4 Å². The van der Waals surface area contributed by atoms with Gasteiger partial charge in [-0.05, 0) is 36.4 Å². The second-order valence-corrected chi connectivity index (χ2v) is 7.08. The number of hydrogen-bond acceptors (Lipinski definition) is 5. The number of anilines is 2. The summed E-state index contributed by atoms with van der Waals surface area (Å²) >= 11 is 1.20. The molecule has 30 heavy (non-hydrogen) atoms. The van der Waals surface area contributed by atoms with Crippen LogP contribution in [0.1, 0.15) is 15.9 Å². The van der Waals surface area contributed by atoms with E-state index < -0.39 is 17.6 Å². The number of aryl methyl sites for hydroxylation is 1. The smallest absolute Gasteiger partial charge is 0.324 e. The van der Waals surface area contributed by atoms with Crippen molar-refractivity contribution in [1.82, 2.24) is 14.8 Å². The van der Waals surface area contributed by atoms with Crippen molar-refractivity contribution in [1.29, 1.82) is 0 Å². The Morgan fingerprint density at radius 1 is 1.03 bits per heavy atom. The molecule has 0 unspecified atom stereocenters. The Bertz CT molecular complexity index is 1050. The zero-order valence-electron chi connectivity index (χ0n) is 15.6. The molecule has 0 fully saturated rings. The maximum atomic E-state index is 12.7. The number of rotatable bonds is 6. The number of nitrogens with zero attached hydrogens (tertiary/aromatic N) is 3. The molecule has 0 aliphatic carbocycles. The van der Waals surface area contributed by atoms with Gasteiger partial charge in [0, 0.05) is 12.6 Å². The fourth-order valence-electron chi connectivity index (χ4n) is 2.43. The standard InChI is InChI=1S/C19H16F3N5O2S/c1-27-11-23-26-18(27)30-10-16(28)24-14-4-2-3-5-15(14)25-17(29)12-6-8-13(9-7-12)19(20,21)22/h2-9,11H,10H2,1H3,(H,24,28)(H,25,29). The number of carbonyl (C=O) groups excluding carboxylic acids is 2. The molecular weight excluding hydrogens is 419 g/mol. The average Bonchev–Trinajstić information content (AvgIpc) is 3.12. The van der Waals surface area contributed by atoms with Crippen LogP contribution in [0.4, 0.5) is 24.5 Å². The van der Waals surface area contributed by atoms with Crippen molar-refractivity contribution in [3.63, 3.8) is 0 Å². The number of aromatic nitrogens is 3. The van der Waals surface area contributed by atoms with Gasteiger partial charge >= 0.3 is 6.18 Å². The molecule has 0 saturated carbocycles. The van der Waals surface area contributed by atoms with E-state index in [1.807, 2.05) is 0 Å². The third-order valence-electron chi connectivity index (χ3n) is 3.93. The van der Waals surface area contributed by atoms with Gasteiger partial charge < -0.3 is 15.2 Å². The van der Waals surface area contributed by atoms with Gasteiger partial charge in [-0.3, -0.25) is 9.59 Å². The number of amides is 2. The number of nitrogens with one attached hydrogen (secondary N) is 2. The highest BCUT2D eigenvalue weighted by molar-refractivity contribution is 7.99. The third-order valence-corrected chi connectivity index (χ3v) is 4.96. The van der Waals surface area contributed by atoms with Gasteiger partial charge in [-0.1, -0.05) is 23.9 Å². The van der Waals surface area contributed by atoms with Crippen LogP contribution in [0.5, 0.6) is 0 Å². The molecule has 3 rings (SSSR count).